The van der Waals surface area contributed by atoms with Crippen molar-refractivity contribution >= 4 is 21.4 Å². The van der Waals surface area contributed by atoms with Crippen LogP contribution in [0.4, 0.5) is 0 Å². The average Bonchev–Trinajstić information content (AvgIpc) is 2.16. The Labute approximate surface area is 124 Å². The van der Waals surface area contributed by atoms with Crippen molar-refractivity contribution in [1.82, 2.24) is 0 Å². The molecule has 0 aliphatic rings. The molecule has 0 fully saturated rings. The number of hydrogen-bond acceptors (Lipinski definition) is 4. The zero-order valence-corrected chi connectivity index (χ0v) is 14.3. The Hall–Kier alpha value is 1.45. The Balaban J connectivity index is -0.000000845. The smallest absolute Gasteiger partial charge is 1.00 e. The molecule has 0 aromatic carbocycles. The van der Waals surface area contributed by atoms with Gasteiger partial charge in [0.1, 0.15) is 0 Å². The van der Waals surface area contributed by atoms with Gasteiger partial charge in [0.2, 0.25) is 0 Å². The van der Waals surface area contributed by atoms with Gasteiger partial charge in [-0.2, -0.15) is 12.6 Å². The van der Waals surface area contributed by atoms with E-state index in [1.807, 2.05) is 20.8 Å². The second-order valence-electron chi connectivity index (χ2n) is 2.81. The molecule has 0 rings (SSSR count). The van der Waals surface area contributed by atoms with Gasteiger partial charge < -0.3 is 14.7 Å². The predicted molar refractivity (Wildman–Crippen MR) is 65.0 cm³/mol. The van der Waals surface area contributed by atoms with Gasteiger partial charge in [0.15, 0.2) is 0 Å². The first-order valence-corrected chi connectivity index (χ1v) is 7.83. The summed E-state index contributed by atoms with van der Waals surface area (Å²) in [5.74, 6) is 0.849. The van der Waals surface area contributed by atoms with Crippen LogP contribution in [0.2, 0.25) is 6.04 Å². The van der Waals surface area contributed by atoms with Crippen LogP contribution in [-0.4, -0.2) is 34.4 Å². The fourth-order valence-corrected chi connectivity index (χ4v) is 4.36. The molecule has 0 aromatic heterocycles. The molecule has 0 aliphatic carbocycles. The van der Waals surface area contributed by atoms with E-state index in [2.05, 4.69) is 12.6 Å². The number of thiol groups is 1. The Morgan fingerprint density at radius 1 is 1.00 bits per heavy atom. The van der Waals surface area contributed by atoms with E-state index in [1.54, 1.807) is 0 Å². The molecule has 0 spiro atoms. The molecule has 0 heterocycles. The molecule has 0 atom stereocenters. The molecule has 15 heavy (non-hydrogen) atoms. The van der Waals surface area contributed by atoms with Gasteiger partial charge in [-0.1, -0.05) is 0 Å². The van der Waals surface area contributed by atoms with Crippen LogP contribution in [0, 0.1) is 0 Å². The van der Waals surface area contributed by atoms with Gasteiger partial charge >= 0.3 is 38.4 Å². The summed E-state index contributed by atoms with van der Waals surface area (Å²) in [5.41, 5.74) is 0. The molecular formula is C9H23NaO3SSi. The summed E-state index contributed by atoms with van der Waals surface area (Å²) >= 11 is 4.19. The zero-order valence-electron chi connectivity index (χ0n) is 11.4. The van der Waals surface area contributed by atoms with Crippen LogP contribution in [0.15, 0.2) is 0 Å². The maximum absolute atomic E-state index is 5.67. The van der Waals surface area contributed by atoms with E-state index in [1.165, 1.54) is 0 Å². The van der Waals surface area contributed by atoms with E-state index in [0.717, 1.165) is 18.2 Å². The maximum atomic E-state index is 5.67. The molecule has 0 aliphatic heterocycles. The van der Waals surface area contributed by atoms with Crippen molar-refractivity contribution in [3.63, 3.8) is 0 Å². The van der Waals surface area contributed by atoms with Gasteiger partial charge in [-0.25, -0.2) is 0 Å². The molecular weight excluding hydrogens is 239 g/mol. The summed E-state index contributed by atoms with van der Waals surface area (Å²) in [6.45, 7) is 7.87. The second kappa shape index (κ2) is 11.9. The van der Waals surface area contributed by atoms with E-state index < -0.39 is 8.80 Å². The minimum absolute atomic E-state index is 0. The van der Waals surface area contributed by atoms with Crippen LogP contribution in [0.1, 0.15) is 28.6 Å². The molecule has 0 saturated carbocycles. The van der Waals surface area contributed by atoms with E-state index in [-0.39, 0.29) is 31.0 Å². The normalized spacial score (nSPS) is 11.2. The maximum Gasteiger partial charge on any atom is 1.00 e. The van der Waals surface area contributed by atoms with Crippen LogP contribution < -0.4 is 29.6 Å². The summed E-state index contributed by atoms with van der Waals surface area (Å²) in [6, 6.07) is 0.867. The fourth-order valence-electron chi connectivity index (χ4n) is 1.30. The third-order valence-electron chi connectivity index (χ3n) is 1.73. The van der Waals surface area contributed by atoms with Crippen molar-refractivity contribution < 1.29 is 44.3 Å². The van der Waals surface area contributed by atoms with E-state index in [9.17, 15) is 0 Å². The summed E-state index contributed by atoms with van der Waals surface area (Å²) in [6.07, 6.45) is 0.981. The van der Waals surface area contributed by atoms with E-state index in [0.29, 0.717) is 19.8 Å². The molecule has 0 aromatic rings. The van der Waals surface area contributed by atoms with Crippen LogP contribution >= 0.6 is 12.6 Å². The number of hydrogen-bond donors (Lipinski definition) is 1. The largest absolute Gasteiger partial charge is 1.00 e. The van der Waals surface area contributed by atoms with Crippen molar-refractivity contribution in [2.45, 2.75) is 33.2 Å². The van der Waals surface area contributed by atoms with Crippen LogP contribution in [0.3, 0.4) is 0 Å². The van der Waals surface area contributed by atoms with Gasteiger partial charge in [-0.3, -0.25) is 0 Å². The fraction of sp³-hybridized carbons (Fsp3) is 1.00. The first-order valence-electron chi connectivity index (χ1n) is 5.27. The van der Waals surface area contributed by atoms with Crippen molar-refractivity contribution in [2.24, 2.45) is 0 Å². The average molecular weight is 262 g/mol. The second-order valence-corrected chi connectivity index (χ2v) is 5.99. The van der Waals surface area contributed by atoms with Crippen molar-refractivity contribution in [3.8, 4) is 0 Å². The Kier molecular flexibility index (Phi) is 14.9. The number of rotatable bonds is 9. The quantitative estimate of drug-likeness (QED) is 0.447. The SMILES string of the molecule is CCO[Si](CCCS)(OCC)OCC.[H-].[Na+]. The van der Waals surface area contributed by atoms with Crippen molar-refractivity contribution in [3.05, 3.63) is 0 Å². The van der Waals surface area contributed by atoms with Gasteiger partial charge in [0.25, 0.3) is 0 Å². The molecule has 0 N–H and O–H groups in total. The minimum Gasteiger partial charge on any atom is -1.00 e. The van der Waals surface area contributed by atoms with E-state index >= 15 is 0 Å². The van der Waals surface area contributed by atoms with Gasteiger partial charge in [0.05, 0.1) is 0 Å². The third kappa shape index (κ3) is 8.21. The minimum atomic E-state index is -2.37. The third-order valence-corrected chi connectivity index (χ3v) is 5.20. The molecule has 0 unspecified atom stereocenters. The first kappa shape index (κ1) is 18.8. The molecule has 6 heteroatoms. The van der Waals surface area contributed by atoms with Gasteiger partial charge in [-0.15, -0.1) is 0 Å². The molecule has 0 radical (unpaired) electrons. The standard InChI is InChI=1S/C9H22O3SSi.Na.H/c1-4-10-14(11-5-2,12-6-3)9-7-8-13;;/h13H,4-9H2,1-3H3;;/q;+1;-1. The topological polar surface area (TPSA) is 27.7 Å². The van der Waals surface area contributed by atoms with E-state index in [4.69, 9.17) is 13.3 Å². The van der Waals surface area contributed by atoms with Crippen LogP contribution in [0.5, 0.6) is 0 Å². The predicted octanol–water partition coefficient (Wildman–Crippen LogP) is -0.529. The Morgan fingerprint density at radius 3 is 1.67 bits per heavy atom. The molecule has 0 bridgehead atoms. The van der Waals surface area contributed by atoms with Crippen molar-refractivity contribution in [2.75, 3.05) is 25.6 Å². The monoisotopic (exact) mass is 262 g/mol. The molecule has 3 nitrogen and oxygen atoms in total. The van der Waals surface area contributed by atoms with Gasteiger partial charge in [-0.05, 0) is 32.9 Å². The van der Waals surface area contributed by atoms with Crippen LogP contribution in [0.25, 0.3) is 0 Å². The summed E-state index contributed by atoms with van der Waals surface area (Å²) < 4.78 is 17.0. The summed E-state index contributed by atoms with van der Waals surface area (Å²) in [7, 11) is -2.37. The first-order chi connectivity index (χ1) is 6.74. The molecule has 0 saturated heterocycles. The van der Waals surface area contributed by atoms with Crippen LogP contribution in [-0.2, 0) is 13.3 Å². The Morgan fingerprint density at radius 2 is 1.40 bits per heavy atom. The van der Waals surface area contributed by atoms with Crippen molar-refractivity contribution in [1.29, 1.82) is 0 Å². The molecule has 88 valence electrons. The van der Waals surface area contributed by atoms with Gasteiger partial charge in [0, 0.05) is 25.9 Å². The summed E-state index contributed by atoms with van der Waals surface area (Å²) in [4.78, 5) is 0. The zero-order chi connectivity index (χ0) is 10.9. The summed E-state index contributed by atoms with van der Waals surface area (Å²) in [5, 5.41) is 0. The Bertz CT molecular complexity index is 129. The molecule has 0 amide bonds.